The van der Waals surface area contributed by atoms with Crippen molar-refractivity contribution in [2.24, 2.45) is 0 Å². The molecule has 156 valence electrons. The number of nitrogens with one attached hydrogen (secondary N) is 1. The predicted molar refractivity (Wildman–Crippen MR) is 118 cm³/mol. The second kappa shape index (κ2) is 9.27. The molecule has 0 spiro atoms. The van der Waals surface area contributed by atoms with Crippen LogP contribution in [0.5, 0.6) is 0 Å². The summed E-state index contributed by atoms with van der Waals surface area (Å²) in [4.78, 5) is 21.4. The van der Waals surface area contributed by atoms with Gasteiger partial charge in [-0.1, -0.05) is 32.1 Å². The van der Waals surface area contributed by atoms with Gasteiger partial charge < -0.3 is 9.64 Å². The Labute approximate surface area is 178 Å². The molecule has 3 heterocycles. The first-order chi connectivity index (χ1) is 14.6. The Balaban J connectivity index is 1.63. The molecule has 3 aromatic rings. The highest BCUT2D eigenvalue weighted by molar-refractivity contribution is 7.15. The fraction of sp³-hybridized carbons (Fsp3) is 0.333. The average molecular weight is 427 g/mol. The molecule has 0 unspecified atom stereocenters. The Kier molecular flexibility index (Phi) is 6.29. The minimum atomic E-state index is -0.283. The summed E-state index contributed by atoms with van der Waals surface area (Å²) in [6.07, 6.45) is 5.41. The van der Waals surface area contributed by atoms with Gasteiger partial charge in [0.1, 0.15) is 5.82 Å². The molecule has 7 nitrogen and oxygen atoms in total. The lowest BCUT2D eigenvalue weighted by atomic mass is 10.2. The van der Waals surface area contributed by atoms with Crippen LogP contribution in [0.15, 0.2) is 30.5 Å². The van der Waals surface area contributed by atoms with Crippen LogP contribution < -0.4 is 10.2 Å². The molecule has 0 radical (unpaired) electrons. The summed E-state index contributed by atoms with van der Waals surface area (Å²) in [6, 6.07) is 6.37. The van der Waals surface area contributed by atoms with Crippen molar-refractivity contribution in [1.29, 1.82) is 0 Å². The lowest BCUT2D eigenvalue weighted by molar-refractivity contribution is 0.122. The van der Waals surface area contributed by atoms with E-state index >= 15 is 0 Å². The van der Waals surface area contributed by atoms with Crippen LogP contribution in [0.2, 0.25) is 0 Å². The second-order valence-corrected chi connectivity index (χ2v) is 8.21. The number of halogens is 1. The van der Waals surface area contributed by atoms with Crippen molar-refractivity contribution in [3.05, 3.63) is 52.5 Å². The third kappa shape index (κ3) is 5.17. The molecule has 0 atom stereocenters. The van der Waals surface area contributed by atoms with Crippen LogP contribution >= 0.6 is 11.3 Å². The number of hydrogen-bond donors (Lipinski definition) is 1. The predicted octanol–water partition coefficient (Wildman–Crippen LogP) is 4.34. The summed E-state index contributed by atoms with van der Waals surface area (Å²) < 4.78 is 18.9. The Bertz CT molecular complexity index is 1030. The minimum absolute atomic E-state index is 0.283. The van der Waals surface area contributed by atoms with E-state index in [0.717, 1.165) is 10.7 Å². The molecule has 0 saturated carbocycles. The van der Waals surface area contributed by atoms with Crippen LogP contribution in [0.4, 0.5) is 21.4 Å². The lowest BCUT2D eigenvalue weighted by Gasteiger charge is -2.26. The fourth-order valence-corrected chi connectivity index (χ4v) is 3.72. The topological polar surface area (TPSA) is 76.1 Å². The number of benzene rings is 1. The fourth-order valence-electron chi connectivity index (χ4n) is 2.90. The zero-order valence-corrected chi connectivity index (χ0v) is 17.7. The van der Waals surface area contributed by atoms with Gasteiger partial charge in [0.15, 0.2) is 11.0 Å². The molecule has 1 aliphatic rings. The number of aromatic nitrogens is 4. The third-order valence-corrected chi connectivity index (χ3v) is 5.73. The summed E-state index contributed by atoms with van der Waals surface area (Å²) in [7, 11) is 0. The first kappa shape index (κ1) is 20.4. The highest BCUT2D eigenvalue weighted by atomic mass is 32.1. The van der Waals surface area contributed by atoms with Gasteiger partial charge in [-0.25, -0.2) is 9.37 Å². The molecule has 1 saturated heterocycles. The van der Waals surface area contributed by atoms with Gasteiger partial charge in [0.25, 0.3) is 0 Å². The Morgan fingerprint density at radius 3 is 2.73 bits per heavy atom. The number of morpholine rings is 1. The van der Waals surface area contributed by atoms with Gasteiger partial charge in [0.2, 0.25) is 11.9 Å². The van der Waals surface area contributed by atoms with Crippen molar-refractivity contribution in [3.8, 4) is 0 Å². The van der Waals surface area contributed by atoms with E-state index in [4.69, 9.17) is 4.74 Å². The summed E-state index contributed by atoms with van der Waals surface area (Å²) in [5.74, 6) is 1.61. The van der Waals surface area contributed by atoms with Gasteiger partial charge in [-0.15, -0.1) is 11.3 Å². The summed E-state index contributed by atoms with van der Waals surface area (Å²) in [6.45, 7) is 6.95. The third-order valence-electron chi connectivity index (χ3n) is 4.52. The van der Waals surface area contributed by atoms with Crippen LogP contribution in [0.3, 0.4) is 0 Å². The van der Waals surface area contributed by atoms with Crippen LogP contribution in [0, 0.1) is 5.82 Å². The van der Waals surface area contributed by atoms with Crippen molar-refractivity contribution in [1.82, 2.24) is 19.9 Å². The number of anilines is 3. The highest BCUT2D eigenvalue weighted by Crippen LogP contribution is 2.27. The van der Waals surface area contributed by atoms with Crippen molar-refractivity contribution < 1.29 is 9.13 Å². The summed E-state index contributed by atoms with van der Waals surface area (Å²) >= 11 is 1.58. The SMILES string of the molecule is CC(C)c1cnc(Nc2nc(C=Cc3cccc(F)c3)nc(N3CCOCC3)n2)s1. The number of nitrogens with zero attached hydrogens (tertiary/aromatic N) is 5. The van der Waals surface area contributed by atoms with Crippen molar-refractivity contribution in [3.63, 3.8) is 0 Å². The molecule has 9 heteroatoms. The normalized spacial score (nSPS) is 14.6. The Hall–Kier alpha value is -2.91. The van der Waals surface area contributed by atoms with Gasteiger partial charge >= 0.3 is 0 Å². The van der Waals surface area contributed by atoms with E-state index in [1.54, 1.807) is 29.6 Å². The monoisotopic (exact) mass is 426 g/mol. The molecule has 0 amide bonds. The van der Waals surface area contributed by atoms with E-state index in [1.807, 2.05) is 12.3 Å². The molecule has 0 aliphatic carbocycles. The zero-order chi connectivity index (χ0) is 20.9. The standard InChI is InChI=1S/C21H23FN6OS/c1-14(2)17-13-23-21(30-17)27-19-24-18(7-6-15-4-3-5-16(22)12-15)25-20(26-19)28-8-10-29-11-9-28/h3-7,12-14H,8-11H2,1-2H3,(H,23,24,25,26,27). The molecule has 2 aromatic heterocycles. The maximum atomic E-state index is 13.5. The van der Waals surface area contributed by atoms with E-state index in [0.29, 0.717) is 49.9 Å². The molecule has 1 aromatic carbocycles. The van der Waals surface area contributed by atoms with Gasteiger partial charge in [-0.05, 0) is 29.7 Å². The van der Waals surface area contributed by atoms with E-state index in [1.165, 1.54) is 17.0 Å². The summed E-state index contributed by atoms with van der Waals surface area (Å²) in [5, 5.41) is 3.93. The van der Waals surface area contributed by atoms with Gasteiger partial charge in [-0.2, -0.15) is 15.0 Å². The van der Waals surface area contributed by atoms with Crippen LogP contribution in [-0.2, 0) is 4.74 Å². The van der Waals surface area contributed by atoms with E-state index < -0.39 is 0 Å². The molecule has 1 fully saturated rings. The van der Waals surface area contributed by atoms with Crippen molar-refractivity contribution in [2.45, 2.75) is 19.8 Å². The number of thiazole rings is 1. The molecule has 1 N–H and O–H groups in total. The zero-order valence-electron chi connectivity index (χ0n) is 16.9. The maximum absolute atomic E-state index is 13.5. The summed E-state index contributed by atoms with van der Waals surface area (Å²) in [5.41, 5.74) is 0.736. The maximum Gasteiger partial charge on any atom is 0.234 e. The van der Waals surface area contributed by atoms with Crippen LogP contribution in [-0.4, -0.2) is 46.2 Å². The minimum Gasteiger partial charge on any atom is -0.378 e. The van der Waals surface area contributed by atoms with E-state index in [9.17, 15) is 4.39 Å². The number of ether oxygens (including phenoxy) is 1. The van der Waals surface area contributed by atoms with Gasteiger partial charge in [-0.3, -0.25) is 5.32 Å². The Morgan fingerprint density at radius 1 is 1.17 bits per heavy atom. The van der Waals surface area contributed by atoms with Crippen molar-refractivity contribution in [2.75, 3.05) is 36.5 Å². The smallest absolute Gasteiger partial charge is 0.234 e. The van der Waals surface area contributed by atoms with E-state index in [2.05, 4.69) is 44.0 Å². The van der Waals surface area contributed by atoms with E-state index in [-0.39, 0.29) is 5.82 Å². The van der Waals surface area contributed by atoms with Gasteiger partial charge in [0, 0.05) is 24.2 Å². The van der Waals surface area contributed by atoms with Crippen molar-refractivity contribution >= 4 is 40.5 Å². The van der Waals surface area contributed by atoms with Crippen LogP contribution in [0.25, 0.3) is 12.2 Å². The first-order valence-corrected chi connectivity index (χ1v) is 10.6. The largest absolute Gasteiger partial charge is 0.378 e. The number of hydrogen-bond acceptors (Lipinski definition) is 8. The molecular formula is C21H23FN6OS. The first-order valence-electron chi connectivity index (χ1n) is 9.82. The molecule has 30 heavy (non-hydrogen) atoms. The highest BCUT2D eigenvalue weighted by Gasteiger charge is 2.17. The molecular weight excluding hydrogens is 403 g/mol. The van der Waals surface area contributed by atoms with Gasteiger partial charge in [0.05, 0.1) is 13.2 Å². The molecule has 1 aliphatic heterocycles. The molecule has 0 bridgehead atoms. The Morgan fingerprint density at radius 2 is 2.00 bits per heavy atom. The quantitative estimate of drug-likeness (QED) is 0.628. The number of rotatable bonds is 6. The van der Waals surface area contributed by atoms with Crippen LogP contribution in [0.1, 0.15) is 36.0 Å². The molecule has 4 rings (SSSR count). The second-order valence-electron chi connectivity index (χ2n) is 7.15. The lowest BCUT2D eigenvalue weighted by Crippen LogP contribution is -2.37. The average Bonchev–Trinajstić information content (AvgIpc) is 3.22.